The molecule has 0 spiro atoms. The zero-order valence-corrected chi connectivity index (χ0v) is 28.1. The summed E-state index contributed by atoms with van der Waals surface area (Å²) in [6, 6.07) is 0. The number of hydrogen-bond acceptors (Lipinski definition) is 6. The molecule has 0 radical (unpaired) electrons. The molecule has 1 heterocycles. The van der Waals surface area contributed by atoms with Gasteiger partial charge in [-0.1, -0.05) is 62.3 Å². The van der Waals surface area contributed by atoms with Crippen LogP contribution in [0.5, 0.6) is 0 Å². The SMILES string of the molecule is CO[C@H]1O[C@@H]([C@@H](CO)O[Si](C)(C)C(C)(C)C)[C@H](O[Si](C)(C)C(C)(C)C)[C@H]1O[Si](C)(C)C(C)(C)C. The van der Waals surface area contributed by atoms with Gasteiger partial charge in [0.2, 0.25) is 0 Å². The van der Waals surface area contributed by atoms with E-state index in [0.29, 0.717) is 0 Å². The third-order valence-corrected chi connectivity index (χ3v) is 22.2. The molecule has 34 heavy (non-hydrogen) atoms. The predicted molar refractivity (Wildman–Crippen MR) is 149 cm³/mol. The summed E-state index contributed by atoms with van der Waals surface area (Å²) in [4.78, 5) is 0. The number of aliphatic hydroxyl groups excluding tert-OH is 1. The van der Waals surface area contributed by atoms with Crippen molar-refractivity contribution in [3.05, 3.63) is 0 Å². The quantitative estimate of drug-likeness (QED) is 0.338. The second kappa shape index (κ2) is 10.6. The number of hydrogen-bond donors (Lipinski definition) is 1. The van der Waals surface area contributed by atoms with Gasteiger partial charge in [0.15, 0.2) is 31.2 Å². The summed E-state index contributed by atoms with van der Waals surface area (Å²) in [5.74, 6) is 0. The Morgan fingerprint density at radius 2 is 1.09 bits per heavy atom. The lowest BCUT2D eigenvalue weighted by Gasteiger charge is -2.45. The maximum atomic E-state index is 10.5. The minimum atomic E-state index is -2.20. The molecular weight excluding hydrogens is 481 g/mol. The molecule has 0 bridgehead atoms. The molecule has 204 valence electrons. The van der Waals surface area contributed by atoms with Crippen molar-refractivity contribution in [2.24, 2.45) is 0 Å². The molecule has 1 N–H and O–H groups in total. The highest BCUT2D eigenvalue weighted by Crippen LogP contribution is 2.45. The average Bonchev–Trinajstić information content (AvgIpc) is 2.93. The Balaban J connectivity index is 3.51. The Morgan fingerprint density at radius 3 is 1.41 bits per heavy atom. The zero-order valence-electron chi connectivity index (χ0n) is 25.1. The van der Waals surface area contributed by atoms with Crippen molar-refractivity contribution in [2.45, 2.75) is 147 Å². The van der Waals surface area contributed by atoms with Crippen molar-refractivity contribution < 1.29 is 27.9 Å². The first kappa shape index (κ1) is 32.4. The summed E-state index contributed by atoms with van der Waals surface area (Å²) in [7, 11) is -4.87. The molecule has 1 rings (SSSR count). The Bertz CT molecular complexity index is 661. The highest BCUT2D eigenvalue weighted by atomic mass is 28.4. The highest BCUT2D eigenvalue weighted by Gasteiger charge is 2.56. The van der Waals surface area contributed by atoms with Crippen molar-refractivity contribution in [1.29, 1.82) is 0 Å². The monoisotopic (exact) mass is 536 g/mol. The van der Waals surface area contributed by atoms with Crippen LogP contribution < -0.4 is 0 Å². The van der Waals surface area contributed by atoms with E-state index in [1.807, 2.05) is 0 Å². The van der Waals surface area contributed by atoms with Gasteiger partial charge < -0.3 is 27.9 Å². The molecular formula is C25H56O6Si3. The zero-order chi connectivity index (χ0) is 27.1. The van der Waals surface area contributed by atoms with Crippen LogP contribution in [0.15, 0.2) is 0 Å². The third-order valence-electron chi connectivity index (χ3n) is 8.71. The largest absolute Gasteiger partial charge is 0.409 e. The maximum absolute atomic E-state index is 10.5. The first-order chi connectivity index (χ1) is 14.9. The van der Waals surface area contributed by atoms with Crippen molar-refractivity contribution >= 4 is 25.0 Å². The van der Waals surface area contributed by atoms with Gasteiger partial charge in [-0.3, -0.25) is 0 Å². The standard InChI is InChI=1S/C25H56O6Si3/c1-23(2,3)32(11,12)29-18(17-26)19-20(30-33(13,14)24(4,5)6)21(22(27-10)28-19)31-34(15,16)25(7,8)9/h18-22,26H,17H2,1-16H3/t18-,19+,20+,21-,22+/m1/s1. The summed E-state index contributed by atoms with van der Waals surface area (Å²) in [5.41, 5.74) is 0. The van der Waals surface area contributed by atoms with Gasteiger partial charge >= 0.3 is 0 Å². The lowest BCUT2D eigenvalue weighted by molar-refractivity contribution is -0.163. The second-order valence-corrected chi connectivity index (χ2v) is 28.8. The van der Waals surface area contributed by atoms with E-state index in [1.165, 1.54) is 0 Å². The number of methoxy groups -OCH3 is 1. The molecule has 1 aliphatic heterocycles. The van der Waals surface area contributed by atoms with E-state index in [9.17, 15) is 5.11 Å². The molecule has 0 aromatic carbocycles. The van der Waals surface area contributed by atoms with Crippen LogP contribution >= 0.6 is 0 Å². The lowest BCUT2D eigenvalue weighted by atomic mass is 10.1. The number of aliphatic hydroxyl groups is 1. The smallest absolute Gasteiger partial charge is 0.192 e. The van der Waals surface area contributed by atoms with Gasteiger partial charge in [-0.05, 0) is 54.4 Å². The van der Waals surface area contributed by atoms with Crippen molar-refractivity contribution in [3.63, 3.8) is 0 Å². The lowest BCUT2D eigenvalue weighted by Crippen LogP contribution is -2.57. The fraction of sp³-hybridized carbons (Fsp3) is 1.00. The summed E-state index contributed by atoms with van der Waals surface area (Å²) in [6.07, 6.45) is -2.34. The Kier molecular flexibility index (Phi) is 10.2. The van der Waals surface area contributed by atoms with E-state index >= 15 is 0 Å². The summed E-state index contributed by atoms with van der Waals surface area (Å²) < 4.78 is 32.9. The van der Waals surface area contributed by atoms with Crippen LogP contribution in [0, 0.1) is 0 Å². The minimum absolute atomic E-state index is 0.00646. The average molecular weight is 537 g/mol. The van der Waals surface area contributed by atoms with E-state index in [-0.39, 0.29) is 33.9 Å². The Morgan fingerprint density at radius 1 is 0.706 bits per heavy atom. The number of ether oxygens (including phenoxy) is 2. The van der Waals surface area contributed by atoms with Crippen molar-refractivity contribution in [2.75, 3.05) is 13.7 Å². The van der Waals surface area contributed by atoms with Crippen molar-refractivity contribution in [1.82, 2.24) is 0 Å². The summed E-state index contributed by atoms with van der Waals surface area (Å²) >= 11 is 0. The van der Waals surface area contributed by atoms with Crippen LogP contribution in [0.1, 0.15) is 62.3 Å². The van der Waals surface area contributed by atoms with Gasteiger partial charge in [0.05, 0.1) is 12.7 Å². The first-order valence-corrected chi connectivity index (χ1v) is 21.5. The molecule has 0 saturated carbocycles. The third kappa shape index (κ3) is 7.25. The van der Waals surface area contributed by atoms with Crippen LogP contribution in [0.4, 0.5) is 0 Å². The van der Waals surface area contributed by atoms with E-state index in [4.69, 9.17) is 22.8 Å². The van der Waals surface area contributed by atoms with Crippen molar-refractivity contribution in [3.8, 4) is 0 Å². The molecule has 1 saturated heterocycles. The fourth-order valence-electron chi connectivity index (χ4n) is 3.19. The molecule has 1 fully saturated rings. The van der Waals surface area contributed by atoms with Crippen LogP contribution in [-0.4, -0.2) is 74.5 Å². The maximum Gasteiger partial charge on any atom is 0.192 e. The topological polar surface area (TPSA) is 66.4 Å². The van der Waals surface area contributed by atoms with Gasteiger partial charge in [0.25, 0.3) is 0 Å². The molecule has 0 aliphatic carbocycles. The summed E-state index contributed by atoms with van der Waals surface area (Å²) in [5, 5.41) is 10.5. The normalized spacial score (nSPS) is 26.7. The number of rotatable bonds is 9. The van der Waals surface area contributed by atoms with Gasteiger partial charge in [0, 0.05) is 7.11 Å². The highest BCUT2D eigenvalue weighted by molar-refractivity contribution is 6.75. The van der Waals surface area contributed by atoms with Gasteiger partial charge in [0.1, 0.15) is 18.3 Å². The van der Waals surface area contributed by atoms with Crippen LogP contribution in [0.2, 0.25) is 54.4 Å². The molecule has 1 aliphatic rings. The van der Waals surface area contributed by atoms with E-state index in [2.05, 4.69) is 102 Å². The Labute approximate surface area is 213 Å². The second-order valence-electron chi connectivity index (χ2n) is 14.5. The Hall–Kier alpha value is 0.411. The molecule has 0 unspecified atom stereocenters. The van der Waals surface area contributed by atoms with Gasteiger partial charge in [-0.15, -0.1) is 0 Å². The summed E-state index contributed by atoms with van der Waals surface area (Å²) in [6.45, 7) is 33.2. The molecule has 0 amide bonds. The molecule has 0 aromatic rings. The molecule has 6 nitrogen and oxygen atoms in total. The van der Waals surface area contributed by atoms with Crippen LogP contribution in [0.3, 0.4) is 0 Å². The van der Waals surface area contributed by atoms with Gasteiger partial charge in [-0.2, -0.15) is 0 Å². The van der Waals surface area contributed by atoms with Crippen LogP contribution in [0.25, 0.3) is 0 Å². The van der Waals surface area contributed by atoms with Gasteiger partial charge in [-0.25, -0.2) is 0 Å². The van der Waals surface area contributed by atoms with E-state index < -0.39 is 43.5 Å². The first-order valence-electron chi connectivity index (χ1n) is 12.7. The van der Waals surface area contributed by atoms with E-state index in [0.717, 1.165) is 0 Å². The van der Waals surface area contributed by atoms with Crippen LogP contribution in [-0.2, 0) is 22.8 Å². The molecule has 9 heteroatoms. The minimum Gasteiger partial charge on any atom is -0.409 e. The fourth-order valence-corrected chi connectivity index (χ4v) is 7.10. The molecule has 0 aromatic heterocycles. The van der Waals surface area contributed by atoms with E-state index in [1.54, 1.807) is 7.11 Å². The molecule has 5 atom stereocenters. The predicted octanol–water partition coefficient (Wildman–Crippen LogP) is 6.52.